The Kier molecular flexibility index (Phi) is 2.48. The fourth-order valence-corrected chi connectivity index (χ4v) is 1.47. The number of halogens is 1. The molecule has 1 saturated carbocycles. The molecule has 14 heavy (non-hydrogen) atoms. The highest BCUT2D eigenvalue weighted by molar-refractivity contribution is 5.93. The van der Waals surface area contributed by atoms with E-state index >= 15 is 0 Å². The van der Waals surface area contributed by atoms with E-state index in [-0.39, 0.29) is 23.3 Å². The number of benzene rings is 1. The van der Waals surface area contributed by atoms with E-state index in [9.17, 15) is 9.18 Å². The van der Waals surface area contributed by atoms with E-state index in [1.54, 1.807) is 18.2 Å². The van der Waals surface area contributed by atoms with E-state index in [1.807, 2.05) is 0 Å². The maximum atomic E-state index is 13.1. The summed E-state index contributed by atoms with van der Waals surface area (Å²) in [6.45, 7) is 0. The van der Waals surface area contributed by atoms with Crippen LogP contribution in [0.25, 0.3) is 0 Å². The number of anilines is 1. The average molecular weight is 193 g/mol. The minimum absolute atomic E-state index is 0.0543. The lowest BCUT2D eigenvalue weighted by atomic mass is 9.85. The van der Waals surface area contributed by atoms with Crippen molar-refractivity contribution >= 4 is 11.6 Å². The Labute approximate surface area is 82.1 Å². The van der Waals surface area contributed by atoms with Crippen LogP contribution in [0.5, 0.6) is 0 Å². The SMILES string of the molecule is O=C(Nc1ccccc1F)C1CCC1. The molecule has 0 aromatic heterocycles. The number of hydrogen-bond acceptors (Lipinski definition) is 1. The lowest BCUT2D eigenvalue weighted by Crippen LogP contribution is -2.28. The van der Waals surface area contributed by atoms with Gasteiger partial charge in [0.1, 0.15) is 5.82 Å². The van der Waals surface area contributed by atoms with Gasteiger partial charge in [0.15, 0.2) is 0 Å². The molecule has 1 fully saturated rings. The number of rotatable bonds is 2. The van der Waals surface area contributed by atoms with Gasteiger partial charge >= 0.3 is 0 Å². The van der Waals surface area contributed by atoms with Crippen LogP contribution in [0.3, 0.4) is 0 Å². The van der Waals surface area contributed by atoms with Gasteiger partial charge in [0, 0.05) is 5.92 Å². The maximum absolute atomic E-state index is 13.1. The van der Waals surface area contributed by atoms with Gasteiger partial charge in [-0.05, 0) is 25.0 Å². The van der Waals surface area contributed by atoms with Crippen LogP contribution in [0, 0.1) is 11.7 Å². The Morgan fingerprint density at radius 1 is 1.36 bits per heavy atom. The summed E-state index contributed by atoms with van der Waals surface area (Å²) in [7, 11) is 0. The smallest absolute Gasteiger partial charge is 0.227 e. The van der Waals surface area contributed by atoms with Crippen molar-refractivity contribution in [3.05, 3.63) is 30.1 Å². The molecule has 0 radical (unpaired) electrons. The molecule has 0 unspecified atom stereocenters. The fraction of sp³-hybridized carbons (Fsp3) is 0.364. The quantitative estimate of drug-likeness (QED) is 0.768. The Hall–Kier alpha value is -1.38. The summed E-state index contributed by atoms with van der Waals surface area (Å²) in [4.78, 5) is 11.5. The minimum Gasteiger partial charge on any atom is -0.323 e. The molecule has 1 aromatic rings. The van der Waals surface area contributed by atoms with Gasteiger partial charge < -0.3 is 5.32 Å². The first-order valence-corrected chi connectivity index (χ1v) is 4.83. The number of para-hydroxylation sites is 1. The highest BCUT2D eigenvalue weighted by atomic mass is 19.1. The zero-order chi connectivity index (χ0) is 9.97. The topological polar surface area (TPSA) is 29.1 Å². The van der Waals surface area contributed by atoms with Crippen molar-refractivity contribution in [2.75, 3.05) is 5.32 Å². The third-order valence-electron chi connectivity index (χ3n) is 2.61. The van der Waals surface area contributed by atoms with E-state index < -0.39 is 0 Å². The van der Waals surface area contributed by atoms with E-state index in [2.05, 4.69) is 5.32 Å². The van der Waals surface area contributed by atoms with Gasteiger partial charge in [0.05, 0.1) is 5.69 Å². The molecular formula is C11H12FNO. The van der Waals surface area contributed by atoms with Crippen LogP contribution < -0.4 is 5.32 Å². The van der Waals surface area contributed by atoms with Crippen molar-refractivity contribution in [3.63, 3.8) is 0 Å². The zero-order valence-corrected chi connectivity index (χ0v) is 7.79. The second-order valence-electron chi connectivity index (χ2n) is 3.60. The van der Waals surface area contributed by atoms with Gasteiger partial charge in [-0.1, -0.05) is 18.6 Å². The molecule has 3 heteroatoms. The first-order chi connectivity index (χ1) is 6.77. The summed E-state index contributed by atoms with van der Waals surface area (Å²) >= 11 is 0. The highest BCUT2D eigenvalue weighted by Gasteiger charge is 2.25. The number of nitrogens with one attached hydrogen (secondary N) is 1. The van der Waals surface area contributed by atoms with Crippen LogP contribution in [-0.2, 0) is 4.79 Å². The molecule has 0 saturated heterocycles. The maximum Gasteiger partial charge on any atom is 0.227 e. The van der Waals surface area contributed by atoms with E-state index in [4.69, 9.17) is 0 Å². The van der Waals surface area contributed by atoms with Gasteiger partial charge in [0.2, 0.25) is 5.91 Å². The molecule has 2 rings (SSSR count). The Bertz CT molecular complexity index is 347. The first-order valence-electron chi connectivity index (χ1n) is 4.83. The number of carbonyl (C=O) groups is 1. The van der Waals surface area contributed by atoms with Gasteiger partial charge in [0.25, 0.3) is 0 Å². The van der Waals surface area contributed by atoms with Crippen molar-refractivity contribution in [3.8, 4) is 0 Å². The molecule has 0 spiro atoms. The summed E-state index contributed by atoms with van der Waals surface area (Å²) in [5.74, 6) is -0.337. The van der Waals surface area contributed by atoms with Crippen LogP contribution in [0.2, 0.25) is 0 Å². The number of hydrogen-bond donors (Lipinski definition) is 1. The predicted octanol–water partition coefficient (Wildman–Crippen LogP) is 2.56. The monoisotopic (exact) mass is 193 g/mol. The normalized spacial score (nSPS) is 16.1. The molecule has 2 nitrogen and oxygen atoms in total. The molecule has 0 aliphatic heterocycles. The second-order valence-corrected chi connectivity index (χ2v) is 3.60. The van der Waals surface area contributed by atoms with E-state index in [0.29, 0.717) is 0 Å². The largest absolute Gasteiger partial charge is 0.323 e. The van der Waals surface area contributed by atoms with Crippen LogP contribution in [-0.4, -0.2) is 5.91 Å². The number of amides is 1. The molecule has 0 heterocycles. The fourth-order valence-electron chi connectivity index (χ4n) is 1.47. The molecular weight excluding hydrogens is 181 g/mol. The summed E-state index contributed by atoms with van der Waals surface area (Å²) in [6.07, 6.45) is 2.97. The second kappa shape index (κ2) is 3.78. The Morgan fingerprint density at radius 3 is 2.64 bits per heavy atom. The summed E-state index contributed by atoms with van der Waals surface area (Å²) in [5, 5.41) is 2.60. The molecule has 1 N–H and O–H groups in total. The van der Waals surface area contributed by atoms with Crippen LogP contribution in [0.1, 0.15) is 19.3 Å². The van der Waals surface area contributed by atoms with E-state index in [0.717, 1.165) is 19.3 Å². The lowest BCUT2D eigenvalue weighted by molar-refractivity contribution is -0.122. The highest BCUT2D eigenvalue weighted by Crippen LogP contribution is 2.27. The van der Waals surface area contributed by atoms with Gasteiger partial charge in [-0.15, -0.1) is 0 Å². The van der Waals surface area contributed by atoms with Crippen LogP contribution in [0.4, 0.5) is 10.1 Å². The molecule has 0 bridgehead atoms. The van der Waals surface area contributed by atoms with Crippen molar-refractivity contribution in [1.29, 1.82) is 0 Å². The Balaban J connectivity index is 2.03. The molecule has 1 aromatic carbocycles. The predicted molar refractivity (Wildman–Crippen MR) is 52.4 cm³/mol. The molecule has 1 aliphatic carbocycles. The number of carbonyl (C=O) groups excluding carboxylic acids is 1. The Morgan fingerprint density at radius 2 is 2.07 bits per heavy atom. The summed E-state index contributed by atoms with van der Waals surface area (Å²) in [5.41, 5.74) is 0.282. The van der Waals surface area contributed by atoms with Gasteiger partial charge in [-0.2, -0.15) is 0 Å². The van der Waals surface area contributed by atoms with E-state index in [1.165, 1.54) is 6.07 Å². The van der Waals surface area contributed by atoms with Crippen molar-refractivity contribution < 1.29 is 9.18 Å². The van der Waals surface area contributed by atoms with Crippen molar-refractivity contribution in [2.45, 2.75) is 19.3 Å². The lowest BCUT2D eigenvalue weighted by Gasteiger charge is -2.24. The molecule has 0 atom stereocenters. The summed E-state index contributed by atoms with van der Waals surface area (Å²) < 4.78 is 13.1. The molecule has 1 amide bonds. The average Bonchev–Trinajstić information content (AvgIpc) is 2.05. The van der Waals surface area contributed by atoms with Crippen LogP contribution >= 0.6 is 0 Å². The van der Waals surface area contributed by atoms with Gasteiger partial charge in [-0.25, -0.2) is 4.39 Å². The van der Waals surface area contributed by atoms with Crippen molar-refractivity contribution in [2.24, 2.45) is 5.92 Å². The molecule has 74 valence electrons. The third-order valence-corrected chi connectivity index (χ3v) is 2.61. The minimum atomic E-state index is -0.375. The van der Waals surface area contributed by atoms with Crippen molar-refractivity contribution in [1.82, 2.24) is 0 Å². The summed E-state index contributed by atoms with van der Waals surface area (Å²) in [6, 6.07) is 6.23. The zero-order valence-electron chi connectivity index (χ0n) is 7.79. The van der Waals surface area contributed by atoms with Crippen LogP contribution in [0.15, 0.2) is 24.3 Å². The third kappa shape index (κ3) is 1.76. The van der Waals surface area contributed by atoms with Gasteiger partial charge in [-0.3, -0.25) is 4.79 Å². The molecule has 1 aliphatic rings. The standard InChI is InChI=1S/C11H12FNO/c12-9-6-1-2-7-10(9)13-11(14)8-4-3-5-8/h1-2,6-8H,3-5H2,(H,13,14). The first kappa shape index (κ1) is 9.19.